The fraction of sp³-hybridized carbons (Fsp3) is 0.700. The number of carbonyl (C=O) groups is 5. The van der Waals surface area contributed by atoms with Gasteiger partial charge in [0.1, 0.15) is 18.1 Å². The molecule has 0 saturated heterocycles. The highest BCUT2D eigenvalue weighted by Crippen LogP contribution is 2.09. The summed E-state index contributed by atoms with van der Waals surface area (Å²) >= 11 is 0. The molecule has 3 amide bonds. The molecule has 194 valence electrons. The third kappa shape index (κ3) is 13.2. The number of hydrogen-bond acceptors (Lipinski definition) is 7. The molecule has 0 aromatic rings. The number of hydrogen-bond donors (Lipinski definition) is 8. The average Bonchev–Trinajstić information content (AvgIpc) is 2.71. The number of carboxylic acids is 2. The van der Waals surface area contributed by atoms with Crippen LogP contribution in [-0.4, -0.2) is 76.5 Å². The average molecular weight is 488 g/mol. The van der Waals surface area contributed by atoms with Gasteiger partial charge < -0.3 is 43.4 Å². The van der Waals surface area contributed by atoms with Crippen LogP contribution in [0.4, 0.5) is 0 Å². The van der Waals surface area contributed by atoms with Gasteiger partial charge in [-0.2, -0.15) is 0 Å². The summed E-state index contributed by atoms with van der Waals surface area (Å²) < 4.78 is 0. The van der Waals surface area contributed by atoms with Gasteiger partial charge in [0.2, 0.25) is 17.7 Å². The Bertz CT molecular complexity index is 752. The van der Waals surface area contributed by atoms with Gasteiger partial charge in [-0.25, -0.2) is 4.79 Å². The molecule has 0 aromatic carbocycles. The van der Waals surface area contributed by atoms with Gasteiger partial charge in [0, 0.05) is 13.0 Å². The standard InChI is InChI=1S/C20H37N7O7/c1-10(2)9-14(18(32)26-13(19(33)34)5-4-8-24-20(22)23)27-17(31)12(6-7-15(28)29)25-16(30)11(3)21/h10-14H,4-9,21H2,1-3H3,(H,25,30)(H,26,32)(H,27,31)(H,28,29)(H,33,34)(H4,22,23,24). The Kier molecular flexibility index (Phi) is 13.9. The Balaban J connectivity index is 5.42. The van der Waals surface area contributed by atoms with E-state index in [4.69, 9.17) is 22.3 Å². The minimum Gasteiger partial charge on any atom is -0.481 e. The number of aliphatic carboxylic acids is 2. The van der Waals surface area contributed by atoms with E-state index in [-0.39, 0.29) is 44.1 Å². The lowest BCUT2D eigenvalue weighted by Gasteiger charge is -2.25. The van der Waals surface area contributed by atoms with Gasteiger partial charge in [-0.05, 0) is 38.5 Å². The molecule has 4 atom stereocenters. The smallest absolute Gasteiger partial charge is 0.326 e. The lowest BCUT2D eigenvalue weighted by molar-refractivity contribution is -0.142. The first-order valence-electron chi connectivity index (χ1n) is 10.9. The van der Waals surface area contributed by atoms with Crippen LogP contribution in [-0.2, 0) is 24.0 Å². The van der Waals surface area contributed by atoms with Crippen LogP contribution in [0.25, 0.3) is 0 Å². The van der Waals surface area contributed by atoms with Gasteiger partial charge >= 0.3 is 11.9 Å². The van der Waals surface area contributed by atoms with E-state index in [1.165, 1.54) is 6.92 Å². The molecule has 0 aliphatic rings. The van der Waals surface area contributed by atoms with E-state index in [1.807, 2.05) is 0 Å². The molecule has 0 radical (unpaired) electrons. The monoisotopic (exact) mass is 487 g/mol. The Hall–Kier alpha value is -3.42. The van der Waals surface area contributed by atoms with E-state index in [9.17, 15) is 29.1 Å². The van der Waals surface area contributed by atoms with Crippen LogP contribution in [0, 0.1) is 5.92 Å². The number of rotatable bonds is 16. The maximum absolute atomic E-state index is 12.8. The topological polar surface area (TPSA) is 252 Å². The molecule has 14 nitrogen and oxygen atoms in total. The van der Waals surface area contributed by atoms with Crippen LogP contribution in [0.1, 0.15) is 52.9 Å². The largest absolute Gasteiger partial charge is 0.481 e. The SMILES string of the molecule is CC(C)CC(NC(=O)C(CCC(=O)O)NC(=O)C(C)N)C(=O)NC(CCCN=C(N)N)C(=O)O. The number of nitrogens with zero attached hydrogens (tertiary/aromatic N) is 1. The maximum Gasteiger partial charge on any atom is 0.326 e. The van der Waals surface area contributed by atoms with E-state index in [0.29, 0.717) is 0 Å². The van der Waals surface area contributed by atoms with Crippen molar-refractivity contribution in [1.29, 1.82) is 0 Å². The zero-order valence-electron chi connectivity index (χ0n) is 19.7. The number of aliphatic imine (C=N–C) groups is 1. The highest BCUT2D eigenvalue weighted by molar-refractivity contribution is 5.94. The third-order valence-electron chi connectivity index (χ3n) is 4.59. The fourth-order valence-electron chi connectivity index (χ4n) is 2.85. The highest BCUT2D eigenvalue weighted by atomic mass is 16.4. The second-order valence-corrected chi connectivity index (χ2v) is 8.32. The molecular weight excluding hydrogens is 450 g/mol. The van der Waals surface area contributed by atoms with Gasteiger partial charge in [0.15, 0.2) is 5.96 Å². The van der Waals surface area contributed by atoms with Gasteiger partial charge in [-0.3, -0.25) is 24.2 Å². The third-order valence-corrected chi connectivity index (χ3v) is 4.59. The molecule has 0 saturated carbocycles. The van der Waals surface area contributed by atoms with Crippen molar-refractivity contribution in [3.05, 3.63) is 0 Å². The second-order valence-electron chi connectivity index (χ2n) is 8.32. The van der Waals surface area contributed by atoms with E-state index in [0.717, 1.165) is 0 Å². The molecule has 0 spiro atoms. The Morgan fingerprint density at radius 2 is 1.35 bits per heavy atom. The summed E-state index contributed by atoms with van der Waals surface area (Å²) in [6, 6.07) is -4.54. The van der Waals surface area contributed by atoms with Gasteiger partial charge in [-0.15, -0.1) is 0 Å². The summed E-state index contributed by atoms with van der Waals surface area (Å²) in [5, 5.41) is 25.6. The molecule has 0 bridgehead atoms. The van der Waals surface area contributed by atoms with Crippen LogP contribution in [0.2, 0.25) is 0 Å². The normalized spacial score (nSPS) is 14.3. The van der Waals surface area contributed by atoms with Crippen LogP contribution < -0.4 is 33.2 Å². The summed E-state index contributed by atoms with van der Waals surface area (Å²) in [6.45, 7) is 5.18. The van der Waals surface area contributed by atoms with E-state index < -0.39 is 60.2 Å². The lowest BCUT2D eigenvalue weighted by atomic mass is 10.0. The van der Waals surface area contributed by atoms with Crippen molar-refractivity contribution in [3.63, 3.8) is 0 Å². The Morgan fingerprint density at radius 1 is 0.824 bits per heavy atom. The summed E-state index contributed by atoms with van der Waals surface area (Å²) in [5.74, 6) is -4.81. The predicted octanol–water partition coefficient (Wildman–Crippen LogP) is -2.16. The van der Waals surface area contributed by atoms with Crippen molar-refractivity contribution < 1.29 is 34.2 Å². The molecular formula is C20H37N7O7. The van der Waals surface area contributed by atoms with Crippen molar-refractivity contribution in [2.24, 2.45) is 28.1 Å². The number of carboxylic acid groups (broad SMARTS) is 2. The molecule has 0 aromatic heterocycles. The first kappa shape index (κ1) is 30.6. The van der Waals surface area contributed by atoms with Crippen LogP contribution in [0.15, 0.2) is 4.99 Å². The molecule has 0 aliphatic carbocycles. The van der Waals surface area contributed by atoms with Crippen molar-refractivity contribution in [3.8, 4) is 0 Å². The minimum absolute atomic E-state index is 0.0475. The predicted molar refractivity (Wildman–Crippen MR) is 123 cm³/mol. The van der Waals surface area contributed by atoms with Gasteiger partial charge in [0.05, 0.1) is 6.04 Å². The summed E-state index contributed by atoms with van der Waals surface area (Å²) in [7, 11) is 0. The molecule has 0 heterocycles. The summed E-state index contributed by atoms with van der Waals surface area (Å²) in [4.78, 5) is 63.9. The maximum atomic E-state index is 12.8. The quantitative estimate of drug-likeness (QED) is 0.0664. The van der Waals surface area contributed by atoms with Crippen molar-refractivity contribution in [2.75, 3.05) is 6.54 Å². The van der Waals surface area contributed by atoms with Gasteiger partial charge in [-0.1, -0.05) is 13.8 Å². The number of carbonyl (C=O) groups excluding carboxylic acids is 3. The zero-order valence-corrected chi connectivity index (χ0v) is 19.7. The van der Waals surface area contributed by atoms with Crippen LogP contribution in [0.3, 0.4) is 0 Å². The first-order valence-corrected chi connectivity index (χ1v) is 10.9. The van der Waals surface area contributed by atoms with E-state index in [2.05, 4.69) is 20.9 Å². The summed E-state index contributed by atoms with van der Waals surface area (Å²) in [6.07, 6.45) is -0.124. The Morgan fingerprint density at radius 3 is 1.82 bits per heavy atom. The fourth-order valence-corrected chi connectivity index (χ4v) is 2.85. The second kappa shape index (κ2) is 15.4. The summed E-state index contributed by atoms with van der Waals surface area (Å²) in [5.41, 5.74) is 16.0. The zero-order chi connectivity index (χ0) is 26.4. The van der Waals surface area contributed by atoms with E-state index in [1.54, 1.807) is 13.8 Å². The first-order chi connectivity index (χ1) is 15.7. The van der Waals surface area contributed by atoms with Crippen molar-refractivity contribution in [1.82, 2.24) is 16.0 Å². The minimum atomic E-state index is -1.27. The molecule has 0 aliphatic heterocycles. The molecule has 0 rings (SSSR count). The van der Waals surface area contributed by atoms with Gasteiger partial charge in [0.25, 0.3) is 0 Å². The van der Waals surface area contributed by atoms with Crippen LogP contribution >= 0.6 is 0 Å². The molecule has 11 N–H and O–H groups in total. The van der Waals surface area contributed by atoms with Crippen LogP contribution in [0.5, 0.6) is 0 Å². The number of guanidine groups is 1. The van der Waals surface area contributed by atoms with Crippen molar-refractivity contribution in [2.45, 2.75) is 77.0 Å². The number of nitrogens with one attached hydrogen (secondary N) is 3. The van der Waals surface area contributed by atoms with Crippen molar-refractivity contribution >= 4 is 35.6 Å². The molecule has 14 heteroatoms. The molecule has 34 heavy (non-hydrogen) atoms. The highest BCUT2D eigenvalue weighted by Gasteiger charge is 2.30. The molecule has 4 unspecified atom stereocenters. The Labute approximate surface area is 198 Å². The number of nitrogens with two attached hydrogens (primary N) is 3. The van der Waals surface area contributed by atoms with E-state index >= 15 is 0 Å². The number of amides is 3. The molecule has 0 fully saturated rings. The lowest BCUT2D eigenvalue weighted by Crippen LogP contribution is -2.57.